The first-order valence-electron chi connectivity index (χ1n) is 5.54. The zero-order valence-corrected chi connectivity index (χ0v) is 15.9. The second-order valence-electron chi connectivity index (χ2n) is 3.37. The van der Waals surface area contributed by atoms with Gasteiger partial charge in [-0.2, -0.15) is 0 Å². The van der Waals surface area contributed by atoms with Crippen molar-refractivity contribution in [2.24, 2.45) is 0 Å². The van der Waals surface area contributed by atoms with Crippen LogP contribution in [0.15, 0.2) is 0 Å². The fourth-order valence-corrected chi connectivity index (χ4v) is 1.02. The zero-order valence-electron chi connectivity index (χ0n) is 11.6. The Labute approximate surface area is 144 Å². The van der Waals surface area contributed by atoms with E-state index in [2.05, 4.69) is 0 Å². The molecule has 0 spiro atoms. The van der Waals surface area contributed by atoms with E-state index in [4.69, 9.17) is 30.6 Å². The molecule has 0 aromatic carbocycles. The second-order valence-corrected chi connectivity index (χ2v) is 8.27. The molecule has 0 aliphatic rings. The Balaban J connectivity index is -0.000000108. The topological polar surface area (TPSA) is 202 Å². The van der Waals surface area contributed by atoms with Crippen molar-refractivity contribution in [3.05, 3.63) is 0 Å². The van der Waals surface area contributed by atoms with E-state index >= 15 is 0 Å². The van der Waals surface area contributed by atoms with Gasteiger partial charge in [-0.25, -0.2) is 0 Å². The minimum atomic E-state index is -1.63. The van der Waals surface area contributed by atoms with Gasteiger partial charge < -0.3 is 50.4 Å². The molecule has 0 aliphatic carbocycles. The van der Waals surface area contributed by atoms with E-state index in [-0.39, 0.29) is 59.2 Å². The van der Waals surface area contributed by atoms with E-state index in [1.807, 2.05) is 0 Å². The van der Waals surface area contributed by atoms with Crippen LogP contribution in [0.5, 0.6) is 0 Å². The van der Waals surface area contributed by atoms with E-state index in [0.29, 0.717) is 0 Å². The Morgan fingerprint density at radius 2 is 0.818 bits per heavy atom. The van der Waals surface area contributed by atoms with Gasteiger partial charge in [0.1, 0.15) is 0 Å². The first-order chi connectivity index (χ1) is 9.82. The van der Waals surface area contributed by atoms with Gasteiger partial charge in [0.2, 0.25) is 0 Å². The zero-order chi connectivity index (χ0) is 17.3. The maximum absolute atomic E-state index is 9.28. The smallest absolute Gasteiger partial charge is 0.550 e. The number of aliphatic hydroxyl groups is 6. The summed E-state index contributed by atoms with van der Waals surface area (Å²) in [5, 5.41) is 68.1. The Morgan fingerprint density at radius 3 is 0.818 bits per heavy atom. The first kappa shape index (κ1) is 30.2. The summed E-state index contributed by atoms with van der Waals surface area (Å²) in [5.41, 5.74) is 0. The number of carbonyl (C=O) groups is 2. The van der Waals surface area contributed by atoms with Crippen molar-refractivity contribution in [1.29, 1.82) is 0 Å². The standard InChI is InChI=1S/C3H4O4.2C3H9O3P.Pt/c4-2(5)1-3(6)7;2*4-1-7(2-5)3-6;/h1H2,(H,4,5)(H,6,7);2*4-6H,1-3H2;/q;;;+2. The average Bonchev–Trinajstić information content (AvgIpc) is 2.42. The average molecular weight is 547 g/mol. The summed E-state index contributed by atoms with van der Waals surface area (Å²) in [5.74, 6) is -3.25. The van der Waals surface area contributed by atoms with Crippen LogP contribution in [0.3, 0.4) is 0 Å². The fourth-order valence-electron chi connectivity index (χ4n) is 0.418. The van der Waals surface area contributed by atoms with Crippen LogP contribution in [-0.2, 0) is 30.7 Å². The molecule has 0 saturated carbocycles. The maximum atomic E-state index is 9.28. The summed E-state index contributed by atoms with van der Waals surface area (Å²) in [4.78, 5) is 18.6. The molecule has 0 unspecified atom stereocenters. The van der Waals surface area contributed by atoms with Crippen LogP contribution in [0.25, 0.3) is 0 Å². The largest absolute Gasteiger partial charge is 2.00 e. The fraction of sp³-hybridized carbons (Fsp3) is 0.778. The van der Waals surface area contributed by atoms with Crippen LogP contribution < -0.4 is 10.2 Å². The molecular formula is C9H22O10P2Pt+2. The number of carboxylic acids is 2. The molecule has 0 aliphatic heterocycles. The SMILES string of the molecule is O=C([O-])CC(=O)[O-].OC[PH+](CO)CO.OC[PH+](CO)CO.[Pt+2]. The number of aliphatic hydroxyl groups excluding tert-OH is 6. The summed E-state index contributed by atoms with van der Waals surface area (Å²) >= 11 is 0. The molecule has 6 N–H and O–H groups in total. The van der Waals surface area contributed by atoms with E-state index in [1.165, 1.54) is 0 Å². The Hall–Kier alpha value is 0.248. The molecule has 0 fully saturated rings. The molecule has 13 heteroatoms. The monoisotopic (exact) mass is 547 g/mol. The molecule has 0 aromatic heterocycles. The van der Waals surface area contributed by atoms with Gasteiger partial charge in [0.25, 0.3) is 0 Å². The van der Waals surface area contributed by atoms with Crippen molar-refractivity contribution < 1.29 is 71.5 Å². The molecule has 0 bridgehead atoms. The molecule has 0 atom stereocenters. The van der Waals surface area contributed by atoms with Crippen molar-refractivity contribution in [2.75, 3.05) is 38.1 Å². The summed E-state index contributed by atoms with van der Waals surface area (Å²) in [7, 11) is -2.39. The molecule has 0 heterocycles. The van der Waals surface area contributed by atoms with Crippen molar-refractivity contribution in [2.45, 2.75) is 6.42 Å². The molecule has 0 rings (SSSR count). The van der Waals surface area contributed by atoms with Gasteiger partial charge in [-0.05, 0) is 0 Å². The van der Waals surface area contributed by atoms with Gasteiger partial charge in [-0.3, -0.25) is 0 Å². The minimum Gasteiger partial charge on any atom is -0.550 e. The maximum Gasteiger partial charge on any atom is 2.00 e. The van der Waals surface area contributed by atoms with E-state index in [9.17, 15) is 19.8 Å². The summed E-state index contributed by atoms with van der Waals surface area (Å²) in [6, 6.07) is 0. The van der Waals surface area contributed by atoms with Gasteiger partial charge in [0.15, 0.2) is 38.1 Å². The number of aliphatic carboxylic acids is 2. The third-order valence-electron chi connectivity index (χ3n) is 1.63. The van der Waals surface area contributed by atoms with Gasteiger partial charge in [0.05, 0.1) is 15.8 Å². The number of hydrogen-bond acceptors (Lipinski definition) is 10. The first-order valence-corrected chi connectivity index (χ1v) is 9.78. The molecule has 0 saturated heterocycles. The van der Waals surface area contributed by atoms with E-state index < -0.39 is 34.2 Å². The number of carbonyl (C=O) groups excluding carboxylic acids is 2. The van der Waals surface area contributed by atoms with Crippen LogP contribution in [0.4, 0.5) is 0 Å². The van der Waals surface area contributed by atoms with Crippen molar-refractivity contribution in [3.8, 4) is 0 Å². The third-order valence-corrected chi connectivity index (χ3v) is 4.31. The normalized spacial score (nSPS) is 9.09. The van der Waals surface area contributed by atoms with Gasteiger partial charge in [-0.15, -0.1) is 0 Å². The molecule has 0 amide bonds. The predicted octanol–water partition coefficient (Wildman–Crippen LogP) is -5.03. The minimum absolute atomic E-state index is 0. The molecule has 10 nitrogen and oxygen atoms in total. The summed E-state index contributed by atoms with van der Waals surface area (Å²) < 4.78 is 0. The van der Waals surface area contributed by atoms with E-state index in [1.54, 1.807) is 0 Å². The second kappa shape index (κ2) is 23.5. The van der Waals surface area contributed by atoms with Crippen LogP contribution >= 0.6 is 15.8 Å². The quantitative estimate of drug-likeness (QED) is 0.126. The predicted molar refractivity (Wildman–Crippen MR) is 73.8 cm³/mol. The number of hydrogen-bond donors (Lipinski definition) is 6. The van der Waals surface area contributed by atoms with Crippen LogP contribution in [0, 0.1) is 0 Å². The van der Waals surface area contributed by atoms with Crippen LogP contribution in [-0.4, -0.2) is 80.7 Å². The van der Waals surface area contributed by atoms with Gasteiger partial charge in [0, 0.05) is 18.4 Å². The van der Waals surface area contributed by atoms with Crippen LogP contribution in [0.2, 0.25) is 0 Å². The number of carboxylic acid groups (broad SMARTS) is 2. The van der Waals surface area contributed by atoms with Gasteiger partial charge in [-0.1, -0.05) is 0 Å². The summed E-state index contributed by atoms with van der Waals surface area (Å²) in [6.07, 6.45) is -1.29. The van der Waals surface area contributed by atoms with Crippen LogP contribution in [0.1, 0.15) is 6.42 Å². The van der Waals surface area contributed by atoms with Crippen molar-refractivity contribution >= 4 is 27.8 Å². The van der Waals surface area contributed by atoms with Crippen molar-refractivity contribution in [3.63, 3.8) is 0 Å². The Bertz CT molecular complexity index is 216. The molecular weight excluding hydrogens is 525 g/mol. The molecule has 136 valence electrons. The molecule has 0 radical (unpaired) electrons. The van der Waals surface area contributed by atoms with Crippen molar-refractivity contribution in [1.82, 2.24) is 0 Å². The molecule has 0 aromatic rings. The third kappa shape index (κ3) is 28.4. The summed E-state index contributed by atoms with van der Waals surface area (Å²) in [6.45, 7) is 0. The Kier molecular flexibility index (Phi) is 32.2. The van der Waals surface area contributed by atoms with Gasteiger partial charge >= 0.3 is 21.1 Å². The van der Waals surface area contributed by atoms with E-state index in [0.717, 1.165) is 0 Å². The Morgan fingerprint density at radius 1 is 0.636 bits per heavy atom. The molecule has 22 heavy (non-hydrogen) atoms. The number of rotatable bonds is 8.